The Bertz CT molecular complexity index is 896. The summed E-state index contributed by atoms with van der Waals surface area (Å²) >= 11 is 1.60. The molecule has 1 fully saturated rings. The molecule has 0 spiro atoms. The van der Waals surface area contributed by atoms with E-state index in [2.05, 4.69) is 17.3 Å². The molecular weight excluding hydrogens is 356 g/mol. The molecule has 140 valence electrons. The molecule has 0 saturated carbocycles. The van der Waals surface area contributed by atoms with Gasteiger partial charge in [-0.1, -0.05) is 25.1 Å². The van der Waals surface area contributed by atoms with Crippen molar-refractivity contribution in [3.05, 3.63) is 59.7 Å². The van der Waals surface area contributed by atoms with Crippen LogP contribution in [0.1, 0.15) is 30.1 Å². The molecule has 1 saturated heterocycles. The molecule has 27 heavy (non-hydrogen) atoms. The van der Waals surface area contributed by atoms with Gasteiger partial charge in [-0.2, -0.15) is 5.10 Å². The van der Waals surface area contributed by atoms with Crippen LogP contribution in [0.4, 0.5) is 0 Å². The molecule has 1 atom stereocenters. The van der Waals surface area contributed by atoms with E-state index in [-0.39, 0.29) is 5.91 Å². The number of nitrogens with one attached hydrogen (secondary N) is 1. The quantitative estimate of drug-likeness (QED) is 0.707. The maximum atomic E-state index is 13.1. The summed E-state index contributed by atoms with van der Waals surface area (Å²) in [5, 5.41) is 9.80. The van der Waals surface area contributed by atoms with Gasteiger partial charge in [-0.15, -0.1) is 11.3 Å². The van der Waals surface area contributed by atoms with E-state index in [4.69, 9.17) is 0 Å². The smallest absolute Gasteiger partial charge is 0.255 e. The minimum absolute atomic E-state index is 0.142. The number of carbonyl (C=O) groups excluding carboxylic acids is 1. The summed E-state index contributed by atoms with van der Waals surface area (Å²) in [6.07, 6.45) is 5.88. The Labute approximate surface area is 163 Å². The molecule has 1 aromatic carbocycles. The molecule has 1 amide bonds. The van der Waals surface area contributed by atoms with E-state index in [0.717, 1.165) is 54.2 Å². The average molecular weight is 381 g/mol. The third-order valence-electron chi connectivity index (χ3n) is 4.93. The van der Waals surface area contributed by atoms with E-state index in [0.29, 0.717) is 6.04 Å². The van der Waals surface area contributed by atoms with E-state index >= 15 is 0 Å². The van der Waals surface area contributed by atoms with Gasteiger partial charge in [0.2, 0.25) is 0 Å². The number of carbonyl (C=O) groups is 1. The zero-order valence-electron chi connectivity index (χ0n) is 15.5. The monoisotopic (exact) mass is 380 g/mol. The molecule has 3 aromatic rings. The zero-order chi connectivity index (χ0) is 18.6. The van der Waals surface area contributed by atoms with Gasteiger partial charge in [-0.25, -0.2) is 4.68 Å². The first-order valence-electron chi connectivity index (χ1n) is 9.47. The van der Waals surface area contributed by atoms with Gasteiger partial charge in [-0.3, -0.25) is 4.79 Å². The van der Waals surface area contributed by atoms with Crippen molar-refractivity contribution in [2.24, 2.45) is 0 Å². The minimum atomic E-state index is 0.142. The summed E-state index contributed by atoms with van der Waals surface area (Å²) in [6.45, 7) is 4.82. The van der Waals surface area contributed by atoms with E-state index in [1.54, 1.807) is 11.3 Å². The largest absolute Gasteiger partial charge is 0.334 e. The van der Waals surface area contributed by atoms with E-state index < -0.39 is 0 Å². The zero-order valence-corrected chi connectivity index (χ0v) is 16.3. The van der Waals surface area contributed by atoms with E-state index in [9.17, 15) is 4.79 Å². The molecule has 1 aliphatic rings. The lowest BCUT2D eigenvalue weighted by Crippen LogP contribution is -2.41. The van der Waals surface area contributed by atoms with Crippen LogP contribution >= 0.6 is 11.3 Å². The summed E-state index contributed by atoms with van der Waals surface area (Å²) in [6, 6.07) is 12.4. The van der Waals surface area contributed by atoms with E-state index in [1.165, 1.54) is 0 Å². The number of hydrogen-bond acceptors (Lipinski definition) is 4. The Morgan fingerprint density at radius 2 is 2.22 bits per heavy atom. The van der Waals surface area contributed by atoms with Crippen LogP contribution in [0, 0.1) is 0 Å². The first-order chi connectivity index (χ1) is 13.3. The number of rotatable bonds is 6. The first-order valence-corrected chi connectivity index (χ1v) is 10.3. The number of benzene rings is 1. The van der Waals surface area contributed by atoms with Crippen molar-refractivity contribution < 1.29 is 4.79 Å². The number of thiophene rings is 1. The van der Waals surface area contributed by atoms with Gasteiger partial charge in [0.25, 0.3) is 5.91 Å². The molecule has 0 aliphatic carbocycles. The molecule has 4 rings (SSSR count). The molecule has 2 aromatic heterocycles. The standard InChI is InChI=1S/C21H24N4OS/c1-2-10-24(19-8-9-22-13-19)21(26)16-11-20(27-15-16)17-12-23-25(14-17)18-6-4-3-5-7-18/h3-7,11-12,14-15,19,22H,2,8-10,13H2,1H3/t19-/m0/s1. The highest BCUT2D eigenvalue weighted by atomic mass is 32.1. The van der Waals surface area contributed by atoms with E-state index in [1.807, 2.05) is 63.8 Å². The molecule has 0 bridgehead atoms. The fraction of sp³-hybridized carbons (Fsp3) is 0.333. The maximum Gasteiger partial charge on any atom is 0.255 e. The van der Waals surface area contributed by atoms with Crippen molar-refractivity contribution in [2.45, 2.75) is 25.8 Å². The molecule has 0 radical (unpaired) electrons. The van der Waals surface area contributed by atoms with Crippen molar-refractivity contribution in [3.63, 3.8) is 0 Å². The van der Waals surface area contributed by atoms with Crippen LogP contribution in [-0.2, 0) is 0 Å². The molecule has 1 aliphatic heterocycles. The molecule has 1 N–H and O–H groups in total. The summed E-state index contributed by atoms with van der Waals surface area (Å²) < 4.78 is 1.87. The average Bonchev–Trinajstić information content (AvgIpc) is 3.47. The van der Waals surface area contributed by atoms with Crippen LogP contribution in [0.2, 0.25) is 0 Å². The van der Waals surface area contributed by atoms with Crippen LogP contribution in [-0.4, -0.2) is 46.3 Å². The van der Waals surface area contributed by atoms with Crippen LogP contribution in [0.5, 0.6) is 0 Å². The Kier molecular flexibility index (Phi) is 5.36. The molecule has 0 unspecified atom stereocenters. The van der Waals surface area contributed by atoms with Crippen LogP contribution < -0.4 is 5.32 Å². The number of hydrogen-bond donors (Lipinski definition) is 1. The predicted molar refractivity (Wildman–Crippen MR) is 109 cm³/mol. The van der Waals surface area contributed by atoms with Crippen molar-refractivity contribution in [2.75, 3.05) is 19.6 Å². The van der Waals surface area contributed by atoms with Gasteiger partial charge in [0.05, 0.1) is 17.4 Å². The fourth-order valence-corrected chi connectivity index (χ4v) is 4.39. The highest BCUT2D eigenvalue weighted by Gasteiger charge is 2.27. The number of amides is 1. The number of para-hydroxylation sites is 1. The summed E-state index contributed by atoms with van der Waals surface area (Å²) in [5.41, 5.74) is 2.84. The van der Waals surface area contributed by atoms with Gasteiger partial charge in [0.15, 0.2) is 0 Å². The predicted octanol–water partition coefficient (Wildman–Crippen LogP) is 3.81. The SMILES string of the molecule is CCCN(C(=O)c1csc(-c2cnn(-c3ccccc3)c2)c1)[C@H]1CCNC1. The molecule has 3 heterocycles. The topological polar surface area (TPSA) is 50.2 Å². The van der Waals surface area contributed by atoms with Crippen LogP contribution in [0.25, 0.3) is 16.1 Å². The van der Waals surface area contributed by atoms with Gasteiger partial charge in [-0.05, 0) is 37.6 Å². The number of nitrogens with zero attached hydrogens (tertiary/aromatic N) is 3. The highest BCUT2D eigenvalue weighted by Crippen LogP contribution is 2.29. The second-order valence-corrected chi connectivity index (χ2v) is 7.77. The van der Waals surface area contributed by atoms with Gasteiger partial charge >= 0.3 is 0 Å². The van der Waals surface area contributed by atoms with Crippen molar-refractivity contribution in [1.29, 1.82) is 0 Å². The lowest BCUT2D eigenvalue weighted by atomic mass is 10.1. The van der Waals surface area contributed by atoms with Crippen molar-refractivity contribution >= 4 is 17.2 Å². The minimum Gasteiger partial charge on any atom is -0.334 e. The summed E-state index contributed by atoms with van der Waals surface area (Å²) in [7, 11) is 0. The van der Waals surface area contributed by atoms with Crippen LogP contribution in [0.3, 0.4) is 0 Å². The Morgan fingerprint density at radius 1 is 1.37 bits per heavy atom. The van der Waals surface area contributed by atoms with Gasteiger partial charge < -0.3 is 10.2 Å². The molecule has 6 heteroatoms. The third kappa shape index (κ3) is 3.82. The lowest BCUT2D eigenvalue weighted by Gasteiger charge is -2.27. The molecular formula is C21H24N4OS. The number of aromatic nitrogens is 2. The van der Waals surface area contributed by atoms with Crippen LogP contribution in [0.15, 0.2) is 54.2 Å². The normalized spacial score (nSPS) is 16.6. The lowest BCUT2D eigenvalue weighted by molar-refractivity contribution is 0.0693. The molecule has 5 nitrogen and oxygen atoms in total. The summed E-state index contributed by atoms with van der Waals surface area (Å²) in [4.78, 5) is 16.2. The second kappa shape index (κ2) is 8.06. The van der Waals surface area contributed by atoms with Gasteiger partial charge in [0.1, 0.15) is 0 Å². The summed E-state index contributed by atoms with van der Waals surface area (Å²) in [5.74, 6) is 0.142. The Hall–Kier alpha value is -2.44. The highest BCUT2D eigenvalue weighted by molar-refractivity contribution is 7.13. The Balaban J connectivity index is 1.54. The first kappa shape index (κ1) is 17.9. The second-order valence-electron chi connectivity index (χ2n) is 6.85. The maximum absolute atomic E-state index is 13.1. The fourth-order valence-electron chi connectivity index (χ4n) is 3.53. The Morgan fingerprint density at radius 3 is 2.96 bits per heavy atom. The third-order valence-corrected chi connectivity index (χ3v) is 5.91. The van der Waals surface area contributed by atoms with Crippen molar-refractivity contribution in [3.8, 4) is 16.1 Å². The van der Waals surface area contributed by atoms with Gasteiger partial charge in [0, 0.05) is 41.1 Å². The van der Waals surface area contributed by atoms with Crippen molar-refractivity contribution in [1.82, 2.24) is 20.0 Å².